The van der Waals surface area contributed by atoms with E-state index >= 15 is 0 Å². The summed E-state index contributed by atoms with van der Waals surface area (Å²) in [5.74, 6) is -0.429. The van der Waals surface area contributed by atoms with Crippen LogP contribution in [0.5, 0.6) is 0 Å². The van der Waals surface area contributed by atoms with Gasteiger partial charge in [-0.15, -0.1) is 0 Å². The van der Waals surface area contributed by atoms with Gasteiger partial charge in [0.05, 0.1) is 11.6 Å². The largest absolute Gasteiger partial charge is 0.480 e. The van der Waals surface area contributed by atoms with E-state index in [0.29, 0.717) is 23.4 Å². The summed E-state index contributed by atoms with van der Waals surface area (Å²) < 4.78 is 0. The molecule has 1 aromatic rings. The zero-order chi connectivity index (χ0) is 15.0. The van der Waals surface area contributed by atoms with Gasteiger partial charge >= 0.3 is 12.0 Å². The predicted octanol–water partition coefficient (Wildman–Crippen LogP) is 1.89. The SMILES string of the molecule is CSCCC(NC(=O)Nc1cccc(C#N)c1)C(=O)O. The van der Waals surface area contributed by atoms with Crippen molar-refractivity contribution in [1.82, 2.24) is 5.32 Å². The molecule has 1 unspecified atom stereocenters. The van der Waals surface area contributed by atoms with Crippen LogP contribution in [-0.4, -0.2) is 35.2 Å². The Balaban J connectivity index is 2.61. The van der Waals surface area contributed by atoms with Crippen LogP contribution in [0, 0.1) is 11.3 Å². The second kappa shape index (κ2) is 8.07. The Bertz CT molecular complexity index is 528. The highest BCUT2D eigenvalue weighted by atomic mass is 32.2. The first-order valence-electron chi connectivity index (χ1n) is 5.86. The molecule has 0 aliphatic rings. The number of aliphatic carboxylic acids is 1. The van der Waals surface area contributed by atoms with Crippen LogP contribution < -0.4 is 10.6 Å². The van der Waals surface area contributed by atoms with Gasteiger partial charge in [-0.1, -0.05) is 6.07 Å². The van der Waals surface area contributed by atoms with Crippen molar-refractivity contribution in [3.05, 3.63) is 29.8 Å². The van der Waals surface area contributed by atoms with E-state index in [0.717, 1.165) is 0 Å². The van der Waals surface area contributed by atoms with Gasteiger partial charge in [0.2, 0.25) is 0 Å². The van der Waals surface area contributed by atoms with Crippen LogP contribution in [0.3, 0.4) is 0 Å². The quantitative estimate of drug-likeness (QED) is 0.743. The van der Waals surface area contributed by atoms with Crippen molar-refractivity contribution >= 4 is 29.4 Å². The number of nitrogens with zero attached hydrogens (tertiary/aromatic N) is 1. The van der Waals surface area contributed by atoms with Crippen LogP contribution in [0.15, 0.2) is 24.3 Å². The van der Waals surface area contributed by atoms with Gasteiger partial charge in [-0.2, -0.15) is 17.0 Å². The van der Waals surface area contributed by atoms with Gasteiger partial charge in [0.25, 0.3) is 0 Å². The van der Waals surface area contributed by atoms with E-state index in [4.69, 9.17) is 10.4 Å². The van der Waals surface area contributed by atoms with Crippen LogP contribution >= 0.6 is 11.8 Å². The average Bonchev–Trinajstić information content (AvgIpc) is 2.43. The van der Waals surface area contributed by atoms with E-state index < -0.39 is 18.0 Å². The van der Waals surface area contributed by atoms with Crippen LogP contribution in [0.4, 0.5) is 10.5 Å². The lowest BCUT2D eigenvalue weighted by atomic mass is 10.2. The van der Waals surface area contributed by atoms with Crippen molar-refractivity contribution in [2.45, 2.75) is 12.5 Å². The van der Waals surface area contributed by atoms with Gasteiger partial charge in [0, 0.05) is 5.69 Å². The molecule has 0 saturated heterocycles. The van der Waals surface area contributed by atoms with E-state index in [1.807, 2.05) is 12.3 Å². The van der Waals surface area contributed by atoms with Crippen LogP contribution in [0.25, 0.3) is 0 Å². The van der Waals surface area contributed by atoms with E-state index in [9.17, 15) is 9.59 Å². The number of thioether (sulfide) groups is 1. The molecule has 1 rings (SSSR count). The van der Waals surface area contributed by atoms with Crippen molar-refractivity contribution in [3.63, 3.8) is 0 Å². The first-order chi connectivity index (χ1) is 9.56. The first kappa shape index (κ1) is 15.9. The highest BCUT2D eigenvalue weighted by molar-refractivity contribution is 7.98. The highest BCUT2D eigenvalue weighted by Gasteiger charge is 2.19. The Labute approximate surface area is 121 Å². The summed E-state index contributed by atoms with van der Waals surface area (Å²) in [6.45, 7) is 0. The molecule has 1 atom stereocenters. The second-order valence-electron chi connectivity index (χ2n) is 3.96. The standard InChI is InChI=1S/C13H15N3O3S/c1-20-6-5-11(12(17)18)16-13(19)15-10-4-2-3-9(7-10)8-14/h2-4,7,11H,5-6H2,1H3,(H,17,18)(H2,15,16,19). The third-order valence-electron chi connectivity index (χ3n) is 2.46. The third kappa shape index (κ3) is 5.20. The number of rotatable bonds is 6. The molecule has 0 aliphatic heterocycles. The summed E-state index contributed by atoms with van der Waals surface area (Å²) in [6.07, 6.45) is 2.22. The number of carboxylic acids is 1. The lowest BCUT2D eigenvalue weighted by Crippen LogP contribution is -2.43. The van der Waals surface area contributed by atoms with Crippen LogP contribution in [-0.2, 0) is 4.79 Å². The molecule has 0 spiro atoms. The summed E-state index contributed by atoms with van der Waals surface area (Å²) >= 11 is 1.51. The fourth-order valence-corrected chi connectivity index (χ4v) is 1.96. The summed E-state index contributed by atoms with van der Waals surface area (Å²) in [7, 11) is 0. The zero-order valence-corrected chi connectivity index (χ0v) is 11.7. The average molecular weight is 293 g/mol. The number of carboxylic acid groups (broad SMARTS) is 1. The molecule has 3 N–H and O–H groups in total. The molecule has 106 valence electrons. The van der Waals surface area contributed by atoms with Crippen molar-refractivity contribution in [2.75, 3.05) is 17.3 Å². The lowest BCUT2D eigenvalue weighted by Gasteiger charge is -2.14. The Morgan fingerprint density at radius 1 is 1.50 bits per heavy atom. The smallest absolute Gasteiger partial charge is 0.326 e. The summed E-state index contributed by atoms with van der Waals surface area (Å²) in [4.78, 5) is 22.7. The number of hydrogen-bond acceptors (Lipinski definition) is 4. The molecule has 0 bridgehead atoms. The van der Waals surface area contributed by atoms with Gasteiger partial charge in [-0.25, -0.2) is 9.59 Å². The van der Waals surface area contributed by atoms with Crippen LogP contribution in [0.1, 0.15) is 12.0 Å². The van der Waals surface area contributed by atoms with E-state index in [1.54, 1.807) is 18.2 Å². The van der Waals surface area contributed by atoms with Gasteiger partial charge in [-0.3, -0.25) is 0 Å². The van der Waals surface area contributed by atoms with E-state index in [2.05, 4.69) is 10.6 Å². The molecule has 2 amide bonds. The van der Waals surface area contributed by atoms with Gasteiger partial charge in [-0.05, 0) is 36.6 Å². The van der Waals surface area contributed by atoms with E-state index in [-0.39, 0.29) is 0 Å². The maximum atomic E-state index is 11.7. The number of anilines is 1. The number of amides is 2. The Morgan fingerprint density at radius 2 is 2.25 bits per heavy atom. The van der Waals surface area contributed by atoms with Crippen molar-refractivity contribution in [3.8, 4) is 6.07 Å². The maximum Gasteiger partial charge on any atom is 0.326 e. The fraction of sp³-hybridized carbons (Fsp3) is 0.308. The molecule has 0 saturated carbocycles. The van der Waals surface area contributed by atoms with Gasteiger partial charge in [0.15, 0.2) is 0 Å². The maximum absolute atomic E-state index is 11.7. The van der Waals surface area contributed by atoms with Gasteiger partial charge in [0.1, 0.15) is 6.04 Å². The van der Waals surface area contributed by atoms with E-state index in [1.165, 1.54) is 17.8 Å². The molecule has 0 heterocycles. The fourth-order valence-electron chi connectivity index (χ4n) is 1.49. The van der Waals surface area contributed by atoms with Gasteiger partial charge < -0.3 is 15.7 Å². The predicted molar refractivity (Wildman–Crippen MR) is 77.7 cm³/mol. The van der Waals surface area contributed by atoms with Crippen molar-refractivity contribution in [1.29, 1.82) is 5.26 Å². The number of nitrogens with one attached hydrogen (secondary N) is 2. The molecule has 7 heteroatoms. The topological polar surface area (TPSA) is 102 Å². The Hall–Kier alpha value is -2.20. The summed E-state index contributed by atoms with van der Waals surface area (Å²) in [5.41, 5.74) is 0.857. The summed E-state index contributed by atoms with van der Waals surface area (Å²) in [6, 6.07) is 6.81. The monoisotopic (exact) mass is 293 g/mol. The molecular weight excluding hydrogens is 278 g/mol. The normalized spacial score (nSPS) is 11.2. The number of hydrogen-bond donors (Lipinski definition) is 3. The molecule has 0 aliphatic carbocycles. The molecule has 1 aromatic carbocycles. The molecular formula is C13H15N3O3S. The molecule has 20 heavy (non-hydrogen) atoms. The number of benzene rings is 1. The highest BCUT2D eigenvalue weighted by Crippen LogP contribution is 2.09. The third-order valence-corrected chi connectivity index (χ3v) is 3.11. The number of carbonyl (C=O) groups excluding carboxylic acids is 1. The van der Waals surface area contributed by atoms with Crippen molar-refractivity contribution < 1.29 is 14.7 Å². The zero-order valence-electron chi connectivity index (χ0n) is 10.9. The number of carbonyl (C=O) groups is 2. The second-order valence-corrected chi connectivity index (χ2v) is 4.95. The summed E-state index contributed by atoms with van der Waals surface area (Å²) in [5, 5.41) is 22.7. The molecule has 0 aromatic heterocycles. The number of urea groups is 1. The molecule has 6 nitrogen and oxygen atoms in total. The minimum absolute atomic E-state index is 0.349. The minimum atomic E-state index is -1.07. The number of nitriles is 1. The Kier molecular flexibility index (Phi) is 6.40. The van der Waals surface area contributed by atoms with Crippen molar-refractivity contribution in [2.24, 2.45) is 0 Å². The lowest BCUT2D eigenvalue weighted by molar-refractivity contribution is -0.139. The van der Waals surface area contributed by atoms with Crippen LogP contribution in [0.2, 0.25) is 0 Å². The minimum Gasteiger partial charge on any atom is -0.480 e. The molecule has 0 radical (unpaired) electrons. The first-order valence-corrected chi connectivity index (χ1v) is 7.25. The Morgan fingerprint density at radius 3 is 2.85 bits per heavy atom. The molecule has 0 fully saturated rings.